The Kier molecular flexibility index (Phi) is 7.62. The molecule has 1 saturated heterocycles. The molecule has 2 aromatic rings. The van der Waals surface area contributed by atoms with Gasteiger partial charge in [0.05, 0.1) is 4.90 Å². The minimum absolute atomic E-state index is 0.0606. The van der Waals surface area contributed by atoms with Gasteiger partial charge in [0.15, 0.2) is 18.4 Å². The lowest BCUT2D eigenvalue weighted by Crippen LogP contribution is -2.74. The first-order chi connectivity index (χ1) is 16.0. The Hall–Kier alpha value is -3.38. The maximum atomic E-state index is 13.0. The molecule has 1 aliphatic rings. The summed E-state index contributed by atoms with van der Waals surface area (Å²) in [6.45, 7) is 2.32. The molecule has 3 rings (SSSR count). The summed E-state index contributed by atoms with van der Waals surface area (Å²) in [5, 5.41) is 10.5. The molecular formula is C22H22N2O8S2. The molecule has 34 heavy (non-hydrogen) atoms. The zero-order valence-corrected chi connectivity index (χ0v) is 19.8. The molecule has 0 radical (unpaired) electrons. The first-order valence-electron chi connectivity index (χ1n) is 10.0. The normalized spacial score (nSPS) is 18.5. The Morgan fingerprint density at radius 3 is 2.29 bits per heavy atom. The number of carboxylic acids is 1. The van der Waals surface area contributed by atoms with Crippen LogP contribution in [0, 0.1) is 6.92 Å². The molecule has 2 N–H and O–H groups in total. The molecular weight excluding hydrogens is 484 g/mol. The smallest absolute Gasteiger partial charge is 0.334 e. The molecule has 0 aromatic heterocycles. The standard InChI is InChI=1S/C22H22N2O8S2/c1-13-8-10-16(11-9-13)34(30,31)33-21-18(20(27)24(21)19(14(2)25)22(28)29)23-17(26)12-32-15-6-4-3-5-7-15/h3-11,18-19,21H,12H2,1-2H3,(H,23,26)(H,28,29). The third-order valence-corrected chi connectivity index (χ3v) is 8.67. The van der Waals surface area contributed by atoms with Crippen molar-refractivity contribution in [3.05, 3.63) is 60.2 Å². The Balaban J connectivity index is 1.81. The predicted molar refractivity (Wildman–Crippen MR) is 123 cm³/mol. The number of nitrogens with one attached hydrogen (secondary N) is 1. The van der Waals surface area contributed by atoms with Gasteiger partial charge < -0.3 is 20.1 Å². The number of carbonyl (C=O) groups excluding carboxylic acids is 3. The summed E-state index contributed by atoms with van der Waals surface area (Å²) >= 11 is 0. The number of hydrogen-bond donors (Lipinski definition) is 2. The number of likely N-dealkylation sites (tertiary alicyclic amines) is 1. The van der Waals surface area contributed by atoms with Crippen molar-refractivity contribution >= 4 is 43.2 Å². The second kappa shape index (κ2) is 10.3. The topological polar surface area (TPSA) is 147 Å². The summed E-state index contributed by atoms with van der Waals surface area (Å²) in [6, 6.07) is 11.1. The van der Waals surface area contributed by atoms with Gasteiger partial charge in [0.25, 0.3) is 5.91 Å². The summed E-state index contributed by atoms with van der Waals surface area (Å²) in [7, 11) is -3.77. The lowest BCUT2D eigenvalue weighted by Gasteiger charge is -2.47. The molecule has 0 bridgehead atoms. The van der Waals surface area contributed by atoms with Crippen LogP contribution in [0.3, 0.4) is 0 Å². The van der Waals surface area contributed by atoms with Crippen molar-refractivity contribution in [2.24, 2.45) is 0 Å². The molecule has 3 atom stereocenters. The molecule has 2 aromatic carbocycles. The fraction of sp³-hybridized carbons (Fsp3) is 0.273. The van der Waals surface area contributed by atoms with Crippen molar-refractivity contribution in [1.29, 1.82) is 0 Å². The number of amides is 2. The molecule has 12 heteroatoms. The lowest BCUT2D eigenvalue weighted by atomic mass is 10.0. The molecule has 0 saturated carbocycles. The van der Waals surface area contributed by atoms with Crippen molar-refractivity contribution in [2.75, 3.05) is 6.61 Å². The number of aryl methyl sites for hydroxylation is 1. The van der Waals surface area contributed by atoms with Gasteiger partial charge in [-0.15, -0.1) is 0 Å². The largest absolute Gasteiger partial charge is 0.484 e. The highest BCUT2D eigenvalue weighted by Crippen LogP contribution is 2.38. The lowest BCUT2D eigenvalue weighted by molar-refractivity contribution is -0.164. The molecule has 0 aliphatic carbocycles. The van der Waals surface area contributed by atoms with Crippen LogP contribution in [-0.2, 0) is 28.0 Å². The van der Waals surface area contributed by atoms with Gasteiger partial charge in [0, 0.05) is 10.8 Å². The predicted octanol–water partition coefficient (Wildman–Crippen LogP) is 1.19. The van der Waals surface area contributed by atoms with Crippen LogP contribution in [0.5, 0.6) is 5.75 Å². The number of carbonyl (C=O) groups is 4. The molecule has 180 valence electrons. The Morgan fingerprint density at radius 1 is 1.12 bits per heavy atom. The monoisotopic (exact) mass is 506 g/mol. The number of para-hydroxylation sites is 1. The van der Waals surface area contributed by atoms with E-state index in [4.69, 9.17) is 4.74 Å². The zero-order valence-electron chi connectivity index (χ0n) is 18.2. The van der Waals surface area contributed by atoms with Gasteiger partial charge >= 0.3 is 5.97 Å². The Bertz CT molecular complexity index is 1190. The first kappa shape index (κ1) is 25.2. The van der Waals surface area contributed by atoms with E-state index in [-0.39, 0.29) is 4.90 Å². The summed E-state index contributed by atoms with van der Waals surface area (Å²) in [4.78, 5) is 49.3. The number of rotatable bonds is 10. The third kappa shape index (κ3) is 5.57. The maximum absolute atomic E-state index is 13.0. The fourth-order valence-corrected chi connectivity index (χ4v) is 6.77. The molecule has 2 amide bonds. The number of carboxylic acid groups (broad SMARTS) is 1. The van der Waals surface area contributed by atoms with Crippen LogP contribution in [0.4, 0.5) is 0 Å². The molecule has 10 nitrogen and oxygen atoms in total. The third-order valence-electron chi connectivity index (χ3n) is 4.94. The van der Waals surface area contributed by atoms with Crippen LogP contribution in [0.25, 0.3) is 0 Å². The van der Waals surface area contributed by atoms with E-state index in [2.05, 4.69) is 5.32 Å². The van der Waals surface area contributed by atoms with Crippen LogP contribution in [0.2, 0.25) is 0 Å². The van der Waals surface area contributed by atoms with E-state index in [1.165, 1.54) is 12.1 Å². The van der Waals surface area contributed by atoms with E-state index in [1.807, 2.05) is 0 Å². The number of ketones is 1. The SMILES string of the molecule is CC(=O)C(C(=O)O)N1C(=O)C(NC(=O)COc2ccccc2)C1SS(=O)(=O)c1ccc(C)cc1. The van der Waals surface area contributed by atoms with E-state index in [9.17, 15) is 32.7 Å². The van der Waals surface area contributed by atoms with Gasteiger partial charge in [-0.3, -0.25) is 14.4 Å². The van der Waals surface area contributed by atoms with Crippen molar-refractivity contribution in [3.8, 4) is 5.75 Å². The summed E-state index contributed by atoms with van der Waals surface area (Å²) in [5.41, 5.74) is 0.829. The number of β-lactam (4-membered cyclic amide) rings is 1. The van der Waals surface area contributed by atoms with Crippen LogP contribution >= 0.6 is 10.8 Å². The minimum atomic E-state index is -4.07. The fourth-order valence-electron chi connectivity index (χ4n) is 3.26. The van der Waals surface area contributed by atoms with Crippen LogP contribution in [-0.4, -0.2) is 66.1 Å². The highest BCUT2D eigenvalue weighted by atomic mass is 33.1. The van der Waals surface area contributed by atoms with Gasteiger partial charge in [-0.2, -0.15) is 0 Å². The quantitative estimate of drug-likeness (QED) is 0.275. The van der Waals surface area contributed by atoms with E-state index >= 15 is 0 Å². The number of Topliss-reactive ketones (excluding diaryl/α,β-unsaturated/α-hetero) is 1. The average Bonchev–Trinajstić information content (AvgIpc) is 2.79. The van der Waals surface area contributed by atoms with Crippen molar-refractivity contribution in [3.63, 3.8) is 0 Å². The summed E-state index contributed by atoms with van der Waals surface area (Å²) in [5.74, 6) is -3.63. The van der Waals surface area contributed by atoms with Gasteiger partial charge in [-0.05, 0) is 38.1 Å². The van der Waals surface area contributed by atoms with Crippen LogP contribution in [0.1, 0.15) is 12.5 Å². The van der Waals surface area contributed by atoms with E-state index in [0.29, 0.717) is 21.4 Å². The second-order valence-electron chi connectivity index (χ2n) is 7.50. The molecule has 3 unspecified atom stereocenters. The molecule has 1 heterocycles. The summed E-state index contributed by atoms with van der Waals surface area (Å²) < 4.78 is 31.2. The number of nitrogens with zero attached hydrogens (tertiary/aromatic N) is 1. The average molecular weight is 507 g/mol. The Morgan fingerprint density at radius 2 is 1.74 bits per heavy atom. The molecule has 1 fully saturated rings. The highest BCUT2D eigenvalue weighted by molar-refractivity contribution is 8.72. The van der Waals surface area contributed by atoms with Crippen molar-refractivity contribution < 1.29 is 37.4 Å². The maximum Gasteiger partial charge on any atom is 0.334 e. The zero-order chi connectivity index (χ0) is 25.0. The van der Waals surface area contributed by atoms with Crippen LogP contribution < -0.4 is 10.1 Å². The number of benzene rings is 2. The Labute approximate surface area is 199 Å². The first-order valence-corrected chi connectivity index (χ1v) is 12.9. The molecule has 0 spiro atoms. The van der Waals surface area contributed by atoms with Gasteiger partial charge in [0.2, 0.25) is 14.8 Å². The van der Waals surface area contributed by atoms with Crippen molar-refractivity contribution in [1.82, 2.24) is 10.2 Å². The van der Waals surface area contributed by atoms with Crippen molar-refractivity contribution in [2.45, 2.75) is 36.2 Å². The van der Waals surface area contributed by atoms with Gasteiger partial charge in [-0.1, -0.05) is 35.9 Å². The highest BCUT2D eigenvalue weighted by Gasteiger charge is 2.56. The van der Waals surface area contributed by atoms with Gasteiger partial charge in [0.1, 0.15) is 17.2 Å². The number of ether oxygens (including phenoxy) is 1. The summed E-state index contributed by atoms with van der Waals surface area (Å²) in [6.07, 6.45) is 0. The molecule has 1 aliphatic heterocycles. The van der Waals surface area contributed by atoms with E-state index in [1.54, 1.807) is 49.4 Å². The second-order valence-corrected chi connectivity index (χ2v) is 11.4. The minimum Gasteiger partial charge on any atom is -0.484 e. The number of aliphatic carboxylic acids is 1. The van der Waals surface area contributed by atoms with Crippen LogP contribution in [0.15, 0.2) is 59.5 Å². The van der Waals surface area contributed by atoms with Gasteiger partial charge in [-0.25, -0.2) is 13.2 Å². The van der Waals surface area contributed by atoms with E-state index < -0.39 is 56.5 Å². The number of hydrogen-bond acceptors (Lipinski definition) is 8. The van der Waals surface area contributed by atoms with E-state index in [0.717, 1.165) is 12.5 Å².